The van der Waals surface area contributed by atoms with Gasteiger partial charge in [0.1, 0.15) is 4.83 Å². The SMILES string of the molecule is O=C(O)c1ccc(Cn2cnc3scc(-c4ccc(Cl)cc4)c3c2=O)cc1. The quantitative estimate of drug-likeness (QED) is 0.550. The minimum absolute atomic E-state index is 0.131. The number of halogens is 1. The second-order valence-corrected chi connectivity index (χ2v) is 7.31. The number of benzene rings is 2. The fourth-order valence-corrected chi connectivity index (χ4v) is 3.90. The summed E-state index contributed by atoms with van der Waals surface area (Å²) in [5, 5.41) is 12.1. The van der Waals surface area contributed by atoms with Crippen LogP contribution in [0.3, 0.4) is 0 Å². The summed E-state index contributed by atoms with van der Waals surface area (Å²) >= 11 is 7.38. The summed E-state index contributed by atoms with van der Waals surface area (Å²) in [4.78, 5) is 29.1. The van der Waals surface area contributed by atoms with Crippen LogP contribution in [-0.4, -0.2) is 20.6 Å². The highest BCUT2D eigenvalue weighted by molar-refractivity contribution is 7.17. The Bertz CT molecular complexity index is 1190. The fourth-order valence-electron chi connectivity index (χ4n) is 2.87. The van der Waals surface area contributed by atoms with Crippen LogP contribution in [0, 0.1) is 0 Å². The molecule has 0 atom stereocenters. The van der Waals surface area contributed by atoms with Crippen LogP contribution in [0.2, 0.25) is 5.02 Å². The highest BCUT2D eigenvalue weighted by Crippen LogP contribution is 2.31. The van der Waals surface area contributed by atoms with Crippen molar-refractivity contribution in [2.45, 2.75) is 6.54 Å². The molecule has 0 saturated carbocycles. The van der Waals surface area contributed by atoms with Crippen molar-refractivity contribution in [1.29, 1.82) is 0 Å². The van der Waals surface area contributed by atoms with Crippen molar-refractivity contribution in [3.63, 3.8) is 0 Å². The average Bonchev–Trinajstić information content (AvgIpc) is 3.10. The topological polar surface area (TPSA) is 72.2 Å². The lowest BCUT2D eigenvalue weighted by atomic mass is 10.1. The predicted molar refractivity (Wildman–Crippen MR) is 107 cm³/mol. The van der Waals surface area contributed by atoms with E-state index in [2.05, 4.69) is 4.98 Å². The second-order valence-electron chi connectivity index (χ2n) is 6.02. The minimum atomic E-state index is -0.979. The van der Waals surface area contributed by atoms with Gasteiger partial charge in [0.05, 0.1) is 23.8 Å². The maximum Gasteiger partial charge on any atom is 0.335 e. The van der Waals surface area contributed by atoms with Gasteiger partial charge in [-0.15, -0.1) is 11.3 Å². The number of carboxylic acid groups (broad SMARTS) is 1. The van der Waals surface area contributed by atoms with E-state index in [0.717, 1.165) is 16.7 Å². The Balaban J connectivity index is 1.75. The molecule has 0 fully saturated rings. The molecule has 5 nitrogen and oxygen atoms in total. The van der Waals surface area contributed by atoms with Gasteiger partial charge >= 0.3 is 5.97 Å². The molecule has 0 saturated heterocycles. The maximum atomic E-state index is 13.0. The third-order valence-electron chi connectivity index (χ3n) is 4.27. The van der Waals surface area contributed by atoms with Gasteiger partial charge in [-0.1, -0.05) is 35.9 Å². The van der Waals surface area contributed by atoms with E-state index in [1.165, 1.54) is 34.4 Å². The predicted octanol–water partition coefficient (Wildman–Crippen LogP) is 4.52. The molecule has 7 heteroatoms. The molecule has 0 aliphatic heterocycles. The normalized spacial score (nSPS) is 11.0. The zero-order chi connectivity index (χ0) is 19.0. The van der Waals surface area contributed by atoms with Crippen molar-refractivity contribution < 1.29 is 9.90 Å². The average molecular weight is 397 g/mol. The number of fused-ring (bicyclic) bond motifs is 1. The smallest absolute Gasteiger partial charge is 0.335 e. The van der Waals surface area contributed by atoms with E-state index >= 15 is 0 Å². The van der Waals surface area contributed by atoms with Crippen molar-refractivity contribution in [1.82, 2.24) is 9.55 Å². The molecule has 0 aliphatic carbocycles. The minimum Gasteiger partial charge on any atom is -0.478 e. The van der Waals surface area contributed by atoms with Crippen LogP contribution in [0.1, 0.15) is 15.9 Å². The lowest BCUT2D eigenvalue weighted by Gasteiger charge is -2.07. The number of carboxylic acids is 1. The van der Waals surface area contributed by atoms with Gasteiger partial charge in [0.2, 0.25) is 0 Å². The van der Waals surface area contributed by atoms with Crippen molar-refractivity contribution >= 4 is 39.1 Å². The van der Waals surface area contributed by atoms with Crippen molar-refractivity contribution in [2.75, 3.05) is 0 Å². The van der Waals surface area contributed by atoms with E-state index < -0.39 is 5.97 Å². The van der Waals surface area contributed by atoms with E-state index in [-0.39, 0.29) is 11.1 Å². The molecule has 0 radical (unpaired) electrons. The Kier molecular flexibility index (Phi) is 4.51. The number of carbonyl (C=O) groups is 1. The Morgan fingerprint density at radius 1 is 1.11 bits per heavy atom. The molecule has 2 aromatic carbocycles. The largest absolute Gasteiger partial charge is 0.478 e. The second kappa shape index (κ2) is 6.98. The number of thiophene rings is 1. The van der Waals surface area contributed by atoms with Crippen molar-refractivity contribution in [3.05, 3.63) is 86.7 Å². The molecule has 4 aromatic rings. The summed E-state index contributed by atoms with van der Waals surface area (Å²) in [5.74, 6) is -0.979. The van der Waals surface area contributed by atoms with Gasteiger partial charge in [0.15, 0.2) is 0 Å². The van der Waals surface area contributed by atoms with Gasteiger partial charge in [-0.3, -0.25) is 9.36 Å². The molecule has 134 valence electrons. The first-order valence-electron chi connectivity index (χ1n) is 8.08. The number of hydrogen-bond acceptors (Lipinski definition) is 4. The molecular formula is C20H13ClN2O3S. The lowest BCUT2D eigenvalue weighted by molar-refractivity contribution is 0.0697. The van der Waals surface area contributed by atoms with Crippen LogP contribution in [0.25, 0.3) is 21.3 Å². The molecule has 2 aromatic heterocycles. The van der Waals surface area contributed by atoms with E-state index in [9.17, 15) is 9.59 Å². The van der Waals surface area contributed by atoms with Crippen LogP contribution in [0.5, 0.6) is 0 Å². The number of rotatable bonds is 4. The highest BCUT2D eigenvalue weighted by Gasteiger charge is 2.13. The van der Waals surface area contributed by atoms with Crippen LogP contribution >= 0.6 is 22.9 Å². The van der Waals surface area contributed by atoms with Gasteiger partial charge in [-0.25, -0.2) is 9.78 Å². The molecular weight excluding hydrogens is 384 g/mol. The maximum absolute atomic E-state index is 13.0. The summed E-state index contributed by atoms with van der Waals surface area (Å²) in [5.41, 5.74) is 2.65. The Morgan fingerprint density at radius 2 is 1.81 bits per heavy atom. The molecule has 0 aliphatic rings. The van der Waals surface area contributed by atoms with E-state index in [0.29, 0.717) is 21.8 Å². The van der Waals surface area contributed by atoms with Gasteiger partial charge in [0, 0.05) is 16.0 Å². The zero-order valence-corrected chi connectivity index (χ0v) is 15.5. The molecule has 1 N–H and O–H groups in total. The molecule has 2 heterocycles. The van der Waals surface area contributed by atoms with E-state index in [1.807, 2.05) is 17.5 Å². The van der Waals surface area contributed by atoms with Crippen LogP contribution in [-0.2, 0) is 6.54 Å². The fraction of sp³-hybridized carbons (Fsp3) is 0.0500. The number of hydrogen-bond donors (Lipinski definition) is 1. The van der Waals surface area contributed by atoms with Crippen LogP contribution < -0.4 is 5.56 Å². The summed E-state index contributed by atoms with van der Waals surface area (Å²) in [6, 6.07) is 13.8. The Morgan fingerprint density at radius 3 is 2.48 bits per heavy atom. The summed E-state index contributed by atoms with van der Waals surface area (Å²) < 4.78 is 1.53. The van der Waals surface area contributed by atoms with Gasteiger partial charge in [-0.2, -0.15) is 0 Å². The standard InChI is InChI=1S/C20H13ClN2O3S/c21-15-7-5-13(6-8-15)16-10-27-18-17(16)19(24)23(11-22-18)9-12-1-3-14(4-2-12)20(25)26/h1-8,10-11H,9H2,(H,25,26). The van der Waals surface area contributed by atoms with E-state index in [4.69, 9.17) is 16.7 Å². The van der Waals surface area contributed by atoms with Gasteiger partial charge < -0.3 is 5.11 Å². The summed E-state index contributed by atoms with van der Waals surface area (Å²) in [6.07, 6.45) is 1.53. The number of nitrogens with zero attached hydrogens (tertiary/aromatic N) is 2. The lowest BCUT2D eigenvalue weighted by Crippen LogP contribution is -2.21. The molecule has 4 rings (SSSR count). The van der Waals surface area contributed by atoms with Crippen LogP contribution in [0.4, 0.5) is 0 Å². The molecule has 0 unspecified atom stereocenters. The first-order valence-corrected chi connectivity index (χ1v) is 9.33. The molecule has 27 heavy (non-hydrogen) atoms. The van der Waals surface area contributed by atoms with Gasteiger partial charge in [0.25, 0.3) is 5.56 Å². The number of aromatic carboxylic acids is 1. The molecule has 0 spiro atoms. The zero-order valence-electron chi connectivity index (χ0n) is 13.9. The Labute approximate surface area is 163 Å². The van der Waals surface area contributed by atoms with Crippen molar-refractivity contribution in [3.8, 4) is 11.1 Å². The van der Waals surface area contributed by atoms with Crippen molar-refractivity contribution in [2.24, 2.45) is 0 Å². The number of aromatic nitrogens is 2. The summed E-state index contributed by atoms with van der Waals surface area (Å²) in [6.45, 7) is 0.317. The van der Waals surface area contributed by atoms with Gasteiger partial charge in [-0.05, 0) is 35.4 Å². The monoisotopic (exact) mass is 396 g/mol. The first-order chi connectivity index (χ1) is 13.0. The molecule has 0 bridgehead atoms. The highest BCUT2D eigenvalue weighted by atomic mass is 35.5. The third-order valence-corrected chi connectivity index (χ3v) is 5.41. The third kappa shape index (κ3) is 3.37. The van der Waals surface area contributed by atoms with E-state index in [1.54, 1.807) is 24.3 Å². The first kappa shape index (κ1) is 17.5. The summed E-state index contributed by atoms with van der Waals surface area (Å²) in [7, 11) is 0. The Hall–Kier alpha value is -2.96. The van der Waals surface area contributed by atoms with Crippen LogP contribution in [0.15, 0.2) is 65.0 Å². The molecule has 0 amide bonds.